The van der Waals surface area contributed by atoms with Gasteiger partial charge in [0.25, 0.3) is 0 Å². The summed E-state index contributed by atoms with van der Waals surface area (Å²) in [5.41, 5.74) is 1.32. The molecule has 4 nitrogen and oxygen atoms in total. The Bertz CT molecular complexity index is 494. The van der Waals surface area contributed by atoms with Gasteiger partial charge in [0.2, 0.25) is 0 Å². The molecule has 1 aromatic carbocycles. The van der Waals surface area contributed by atoms with Gasteiger partial charge in [0.1, 0.15) is 6.10 Å². The van der Waals surface area contributed by atoms with Crippen molar-refractivity contribution in [1.29, 1.82) is 0 Å². The summed E-state index contributed by atoms with van der Waals surface area (Å²) in [5.74, 6) is 0. The second-order valence-corrected chi connectivity index (χ2v) is 4.74. The standard InChI is InChI=1S/C10H9BrClN3O/c1-15-9(5-13-14-15)10(16)6-2-7(11)4-8(12)3-6/h2-5,10,16H,1H3. The van der Waals surface area contributed by atoms with Crippen molar-refractivity contribution >= 4 is 27.5 Å². The van der Waals surface area contributed by atoms with Crippen molar-refractivity contribution < 1.29 is 5.11 Å². The summed E-state index contributed by atoms with van der Waals surface area (Å²) in [4.78, 5) is 0. The number of benzene rings is 1. The van der Waals surface area contributed by atoms with E-state index in [1.165, 1.54) is 10.9 Å². The lowest BCUT2D eigenvalue weighted by Gasteiger charge is -2.11. The fourth-order valence-corrected chi connectivity index (χ4v) is 2.34. The number of aromatic nitrogens is 3. The maximum atomic E-state index is 10.1. The van der Waals surface area contributed by atoms with Gasteiger partial charge in [0, 0.05) is 16.5 Å². The average molecular weight is 303 g/mol. The Balaban J connectivity index is 2.41. The minimum Gasteiger partial charge on any atom is -0.382 e. The molecule has 0 fully saturated rings. The highest BCUT2D eigenvalue weighted by Crippen LogP contribution is 2.27. The van der Waals surface area contributed by atoms with Crippen LogP contribution in [0.3, 0.4) is 0 Å². The molecular formula is C10H9BrClN3O. The van der Waals surface area contributed by atoms with Gasteiger partial charge < -0.3 is 5.11 Å². The van der Waals surface area contributed by atoms with Crippen LogP contribution in [-0.4, -0.2) is 20.1 Å². The molecular weight excluding hydrogens is 293 g/mol. The van der Waals surface area contributed by atoms with Crippen molar-refractivity contribution in [2.75, 3.05) is 0 Å². The maximum Gasteiger partial charge on any atom is 0.122 e. The molecule has 2 rings (SSSR count). The Kier molecular flexibility index (Phi) is 3.28. The zero-order chi connectivity index (χ0) is 11.7. The largest absolute Gasteiger partial charge is 0.382 e. The van der Waals surface area contributed by atoms with Gasteiger partial charge in [-0.15, -0.1) is 5.10 Å². The first-order chi connectivity index (χ1) is 7.58. The van der Waals surface area contributed by atoms with E-state index >= 15 is 0 Å². The summed E-state index contributed by atoms with van der Waals surface area (Å²) in [6.45, 7) is 0. The molecule has 0 amide bonds. The van der Waals surface area contributed by atoms with Crippen LogP contribution in [0.15, 0.2) is 28.9 Å². The Morgan fingerprint density at radius 1 is 1.44 bits per heavy atom. The van der Waals surface area contributed by atoms with Gasteiger partial charge >= 0.3 is 0 Å². The van der Waals surface area contributed by atoms with E-state index in [0.717, 1.165) is 4.47 Å². The van der Waals surface area contributed by atoms with Gasteiger partial charge in [-0.05, 0) is 23.8 Å². The zero-order valence-corrected chi connectivity index (χ0v) is 10.8. The molecule has 84 valence electrons. The second-order valence-electron chi connectivity index (χ2n) is 3.39. The number of rotatable bonds is 2. The van der Waals surface area contributed by atoms with Crippen LogP contribution in [0.25, 0.3) is 0 Å². The summed E-state index contributed by atoms with van der Waals surface area (Å²) in [7, 11) is 1.73. The molecule has 0 aliphatic heterocycles. The van der Waals surface area contributed by atoms with Gasteiger partial charge in [-0.2, -0.15) is 0 Å². The minimum absolute atomic E-state index is 0.568. The highest BCUT2D eigenvalue weighted by Gasteiger charge is 2.15. The predicted molar refractivity (Wildman–Crippen MR) is 64.2 cm³/mol. The molecule has 0 saturated heterocycles. The highest BCUT2D eigenvalue weighted by atomic mass is 79.9. The van der Waals surface area contributed by atoms with Gasteiger partial charge in [-0.3, -0.25) is 0 Å². The summed E-state index contributed by atoms with van der Waals surface area (Å²) in [6, 6.07) is 5.28. The molecule has 1 N–H and O–H groups in total. The Labute approximate surface area is 106 Å². The Morgan fingerprint density at radius 2 is 2.19 bits per heavy atom. The van der Waals surface area contributed by atoms with Crippen LogP contribution in [0.2, 0.25) is 5.02 Å². The van der Waals surface area contributed by atoms with E-state index in [-0.39, 0.29) is 0 Å². The van der Waals surface area contributed by atoms with E-state index in [1.54, 1.807) is 19.2 Å². The lowest BCUT2D eigenvalue weighted by atomic mass is 10.1. The smallest absolute Gasteiger partial charge is 0.122 e. The third kappa shape index (κ3) is 2.26. The fraction of sp³-hybridized carbons (Fsp3) is 0.200. The fourth-order valence-electron chi connectivity index (χ4n) is 1.45. The van der Waals surface area contributed by atoms with Crippen LogP contribution in [0.4, 0.5) is 0 Å². The first-order valence-electron chi connectivity index (χ1n) is 4.56. The van der Waals surface area contributed by atoms with E-state index < -0.39 is 6.10 Å². The van der Waals surface area contributed by atoms with Gasteiger partial charge in [-0.1, -0.05) is 32.7 Å². The van der Waals surface area contributed by atoms with Crippen LogP contribution < -0.4 is 0 Å². The SMILES string of the molecule is Cn1nncc1C(O)c1cc(Cl)cc(Br)c1. The van der Waals surface area contributed by atoms with Crippen molar-refractivity contribution in [1.82, 2.24) is 15.0 Å². The molecule has 1 atom stereocenters. The van der Waals surface area contributed by atoms with Crippen LogP contribution in [-0.2, 0) is 7.05 Å². The number of hydrogen-bond acceptors (Lipinski definition) is 3. The number of halogens is 2. The summed E-state index contributed by atoms with van der Waals surface area (Å²) < 4.78 is 2.35. The molecule has 16 heavy (non-hydrogen) atoms. The summed E-state index contributed by atoms with van der Waals surface area (Å²) in [6.07, 6.45) is 0.745. The van der Waals surface area contributed by atoms with Crippen molar-refractivity contribution in [2.45, 2.75) is 6.10 Å². The van der Waals surface area contributed by atoms with Crippen molar-refractivity contribution in [3.05, 3.63) is 45.1 Å². The number of aliphatic hydroxyl groups excluding tert-OH is 1. The first kappa shape index (κ1) is 11.6. The van der Waals surface area contributed by atoms with Crippen LogP contribution in [0.5, 0.6) is 0 Å². The lowest BCUT2D eigenvalue weighted by molar-refractivity contribution is 0.209. The molecule has 0 spiro atoms. The van der Waals surface area contributed by atoms with E-state index in [4.69, 9.17) is 11.6 Å². The highest BCUT2D eigenvalue weighted by molar-refractivity contribution is 9.10. The molecule has 2 aromatic rings. The molecule has 0 radical (unpaired) electrons. The van der Waals surface area contributed by atoms with Gasteiger partial charge in [0.05, 0.1) is 11.9 Å². The zero-order valence-electron chi connectivity index (χ0n) is 8.43. The van der Waals surface area contributed by atoms with Gasteiger partial charge in [0.15, 0.2) is 0 Å². The minimum atomic E-state index is -0.782. The van der Waals surface area contributed by atoms with Crippen LogP contribution >= 0.6 is 27.5 Å². The maximum absolute atomic E-state index is 10.1. The molecule has 1 heterocycles. The molecule has 0 aliphatic rings. The summed E-state index contributed by atoms with van der Waals surface area (Å²) >= 11 is 9.25. The average Bonchev–Trinajstić information content (AvgIpc) is 2.62. The van der Waals surface area contributed by atoms with E-state index in [9.17, 15) is 5.11 Å². The normalized spacial score (nSPS) is 12.8. The van der Waals surface area contributed by atoms with E-state index in [2.05, 4.69) is 26.2 Å². The van der Waals surface area contributed by atoms with Gasteiger partial charge in [-0.25, -0.2) is 4.68 Å². The third-order valence-electron chi connectivity index (χ3n) is 2.23. The Hall–Kier alpha value is -0.910. The van der Waals surface area contributed by atoms with E-state index in [1.807, 2.05) is 6.07 Å². The number of aryl methyl sites for hydroxylation is 1. The Morgan fingerprint density at radius 3 is 2.75 bits per heavy atom. The molecule has 1 unspecified atom stereocenters. The lowest BCUT2D eigenvalue weighted by Crippen LogP contribution is -2.06. The number of nitrogens with zero attached hydrogens (tertiary/aromatic N) is 3. The monoisotopic (exact) mass is 301 g/mol. The quantitative estimate of drug-likeness (QED) is 0.926. The molecule has 0 saturated carbocycles. The third-order valence-corrected chi connectivity index (χ3v) is 2.91. The first-order valence-corrected chi connectivity index (χ1v) is 5.73. The summed E-state index contributed by atoms with van der Waals surface area (Å²) in [5, 5.41) is 18.2. The van der Waals surface area contributed by atoms with Crippen molar-refractivity contribution in [2.24, 2.45) is 7.05 Å². The van der Waals surface area contributed by atoms with Crippen LogP contribution in [0, 0.1) is 0 Å². The molecule has 0 bridgehead atoms. The molecule has 6 heteroatoms. The molecule has 0 aliphatic carbocycles. The topological polar surface area (TPSA) is 50.9 Å². The van der Waals surface area contributed by atoms with Crippen LogP contribution in [0.1, 0.15) is 17.4 Å². The van der Waals surface area contributed by atoms with Crippen molar-refractivity contribution in [3.8, 4) is 0 Å². The number of aliphatic hydroxyl groups is 1. The molecule has 1 aromatic heterocycles. The predicted octanol–water partition coefficient (Wildman–Crippen LogP) is 2.31. The second kappa shape index (κ2) is 4.53. The number of hydrogen-bond donors (Lipinski definition) is 1. The van der Waals surface area contributed by atoms with E-state index in [0.29, 0.717) is 16.3 Å². The van der Waals surface area contributed by atoms with Crippen molar-refractivity contribution in [3.63, 3.8) is 0 Å².